The van der Waals surface area contributed by atoms with E-state index in [0.717, 1.165) is 6.26 Å². The Hall–Kier alpha value is -2.19. The summed E-state index contributed by atoms with van der Waals surface area (Å²) in [5, 5.41) is 2.36. The van der Waals surface area contributed by atoms with Gasteiger partial charge >= 0.3 is 0 Å². The largest absolute Gasteiger partial charge is 0.324 e. The molecule has 0 aliphatic carbocycles. The van der Waals surface area contributed by atoms with E-state index in [9.17, 15) is 21.6 Å². The zero-order chi connectivity index (χ0) is 17.8. The zero-order valence-electron chi connectivity index (χ0n) is 13.0. The van der Waals surface area contributed by atoms with Gasteiger partial charge in [-0.05, 0) is 17.7 Å². The smallest absolute Gasteiger partial charge is 0.239 e. The van der Waals surface area contributed by atoms with Gasteiger partial charge in [0.05, 0.1) is 16.3 Å². The van der Waals surface area contributed by atoms with Gasteiger partial charge < -0.3 is 5.32 Å². The molecule has 0 aromatic heterocycles. The summed E-state index contributed by atoms with van der Waals surface area (Å²) in [6.07, 6.45) is 1.02. The van der Waals surface area contributed by atoms with Crippen LogP contribution in [-0.2, 0) is 30.2 Å². The van der Waals surface area contributed by atoms with Gasteiger partial charge in [0.1, 0.15) is 5.75 Å². The topological polar surface area (TPSA) is 97.4 Å². The van der Waals surface area contributed by atoms with E-state index in [1.54, 1.807) is 36.4 Å². The Morgan fingerprint density at radius 3 is 2.12 bits per heavy atom. The molecule has 0 radical (unpaired) electrons. The van der Waals surface area contributed by atoms with Crippen LogP contribution in [0.1, 0.15) is 5.56 Å². The highest BCUT2D eigenvalue weighted by molar-refractivity contribution is 7.91. The highest BCUT2D eigenvalue weighted by Gasteiger charge is 2.20. The summed E-state index contributed by atoms with van der Waals surface area (Å²) in [6, 6.07) is 14.4. The van der Waals surface area contributed by atoms with Crippen LogP contribution in [-0.4, -0.2) is 34.8 Å². The van der Waals surface area contributed by atoms with E-state index in [4.69, 9.17) is 0 Å². The van der Waals surface area contributed by atoms with Crippen LogP contribution in [0.15, 0.2) is 59.5 Å². The maximum absolute atomic E-state index is 12.1. The molecule has 2 aromatic rings. The summed E-state index contributed by atoms with van der Waals surface area (Å²) < 4.78 is 47.6. The lowest BCUT2D eigenvalue weighted by molar-refractivity contribution is -0.113. The van der Waals surface area contributed by atoms with Crippen LogP contribution in [0.5, 0.6) is 0 Å². The van der Waals surface area contributed by atoms with Crippen molar-refractivity contribution in [2.24, 2.45) is 0 Å². The first-order valence-corrected chi connectivity index (χ1v) is 10.7. The highest BCUT2D eigenvalue weighted by atomic mass is 32.2. The maximum Gasteiger partial charge on any atom is 0.239 e. The van der Waals surface area contributed by atoms with Crippen LogP contribution in [0.2, 0.25) is 0 Å². The van der Waals surface area contributed by atoms with Crippen LogP contribution in [0.4, 0.5) is 5.69 Å². The molecule has 6 nitrogen and oxygen atoms in total. The van der Waals surface area contributed by atoms with Crippen molar-refractivity contribution in [2.45, 2.75) is 10.6 Å². The quantitative estimate of drug-likeness (QED) is 0.837. The summed E-state index contributed by atoms with van der Waals surface area (Å²) >= 11 is 0. The number of rotatable bonds is 6. The van der Waals surface area contributed by atoms with Crippen LogP contribution < -0.4 is 5.32 Å². The minimum Gasteiger partial charge on any atom is -0.324 e. The van der Waals surface area contributed by atoms with Gasteiger partial charge in [-0.3, -0.25) is 4.79 Å². The highest BCUT2D eigenvalue weighted by Crippen LogP contribution is 2.20. The molecular formula is C16H17NO5S2. The van der Waals surface area contributed by atoms with Gasteiger partial charge in [-0.15, -0.1) is 0 Å². The minimum atomic E-state index is -3.66. The van der Waals surface area contributed by atoms with E-state index in [1.165, 1.54) is 18.2 Å². The molecule has 1 N–H and O–H groups in total. The third-order valence-corrected chi connectivity index (χ3v) is 5.77. The Balaban J connectivity index is 2.12. The van der Waals surface area contributed by atoms with Gasteiger partial charge in [-0.25, -0.2) is 16.8 Å². The van der Waals surface area contributed by atoms with Crippen molar-refractivity contribution in [1.82, 2.24) is 0 Å². The van der Waals surface area contributed by atoms with E-state index in [1.807, 2.05) is 0 Å². The van der Waals surface area contributed by atoms with E-state index in [2.05, 4.69) is 5.32 Å². The minimum absolute atomic E-state index is 0.0567. The maximum atomic E-state index is 12.1. The van der Waals surface area contributed by atoms with E-state index in [0.29, 0.717) is 5.56 Å². The second-order valence-corrected chi connectivity index (χ2v) is 9.38. The van der Waals surface area contributed by atoms with Gasteiger partial charge in [-0.1, -0.05) is 42.5 Å². The second kappa shape index (κ2) is 7.14. The third-order valence-electron chi connectivity index (χ3n) is 3.14. The first-order valence-electron chi connectivity index (χ1n) is 7.01. The predicted octanol–water partition coefficient (Wildman–Crippen LogP) is 1.64. The van der Waals surface area contributed by atoms with E-state index in [-0.39, 0.29) is 16.3 Å². The molecular weight excluding hydrogens is 350 g/mol. The Labute approximate surface area is 141 Å². The molecule has 128 valence electrons. The van der Waals surface area contributed by atoms with E-state index >= 15 is 0 Å². The molecule has 0 aliphatic rings. The molecule has 2 rings (SSSR count). The lowest BCUT2D eigenvalue weighted by Gasteiger charge is -2.10. The molecule has 0 saturated heterocycles. The van der Waals surface area contributed by atoms with Crippen LogP contribution in [0.3, 0.4) is 0 Å². The summed E-state index contributed by atoms with van der Waals surface area (Å²) in [5.41, 5.74) is 0.654. The molecule has 0 fully saturated rings. The third kappa shape index (κ3) is 5.17. The number of amides is 1. The van der Waals surface area contributed by atoms with Gasteiger partial charge in [0, 0.05) is 6.26 Å². The van der Waals surface area contributed by atoms with Crippen molar-refractivity contribution in [3.05, 3.63) is 60.2 Å². The fourth-order valence-electron chi connectivity index (χ4n) is 2.16. The first-order chi connectivity index (χ1) is 11.2. The predicted molar refractivity (Wildman–Crippen MR) is 92.1 cm³/mol. The van der Waals surface area contributed by atoms with Crippen molar-refractivity contribution < 1.29 is 21.6 Å². The zero-order valence-corrected chi connectivity index (χ0v) is 14.6. The molecule has 24 heavy (non-hydrogen) atoms. The molecule has 8 heteroatoms. The monoisotopic (exact) mass is 367 g/mol. The standard InChI is InChI=1S/C16H17NO5S2/c1-23(19,20)15-10-6-5-9-14(15)17-16(18)12-24(21,22)11-13-7-3-2-4-8-13/h2-10H,11-12H2,1H3,(H,17,18). The summed E-state index contributed by atoms with van der Waals surface area (Å²) in [6.45, 7) is 0. The Morgan fingerprint density at radius 2 is 1.50 bits per heavy atom. The number of para-hydroxylation sites is 1. The number of hydrogen-bond donors (Lipinski definition) is 1. The summed E-state index contributed by atoms with van der Waals surface area (Å²) in [7, 11) is -7.20. The number of nitrogens with one attached hydrogen (secondary N) is 1. The van der Waals surface area contributed by atoms with Crippen LogP contribution >= 0.6 is 0 Å². The van der Waals surface area contributed by atoms with Crippen LogP contribution in [0.25, 0.3) is 0 Å². The average Bonchev–Trinajstić information content (AvgIpc) is 2.46. The SMILES string of the molecule is CS(=O)(=O)c1ccccc1NC(=O)CS(=O)(=O)Cc1ccccc1. The van der Waals surface area contributed by atoms with Gasteiger partial charge in [0.25, 0.3) is 0 Å². The van der Waals surface area contributed by atoms with E-state index < -0.39 is 31.3 Å². The number of anilines is 1. The van der Waals surface area contributed by atoms with Crippen molar-refractivity contribution in [2.75, 3.05) is 17.3 Å². The molecule has 0 atom stereocenters. The first kappa shape index (κ1) is 18.2. The number of benzene rings is 2. The Morgan fingerprint density at radius 1 is 0.917 bits per heavy atom. The number of sulfone groups is 2. The van der Waals surface area contributed by atoms with Gasteiger partial charge in [-0.2, -0.15) is 0 Å². The number of carbonyl (C=O) groups is 1. The van der Waals surface area contributed by atoms with Gasteiger partial charge in [0.15, 0.2) is 19.7 Å². The Bertz CT molecular complexity index is 935. The molecule has 0 unspecified atom stereocenters. The van der Waals surface area contributed by atoms with Crippen LogP contribution in [0, 0.1) is 0 Å². The molecule has 1 amide bonds. The van der Waals surface area contributed by atoms with Crippen molar-refractivity contribution in [1.29, 1.82) is 0 Å². The molecule has 0 aliphatic heterocycles. The fourth-order valence-corrected chi connectivity index (χ4v) is 4.28. The summed E-state index contributed by atoms with van der Waals surface area (Å²) in [4.78, 5) is 12.0. The summed E-state index contributed by atoms with van der Waals surface area (Å²) in [5.74, 6) is -1.75. The number of carbonyl (C=O) groups excluding carboxylic acids is 1. The molecule has 0 bridgehead atoms. The molecule has 0 heterocycles. The lowest BCUT2D eigenvalue weighted by Crippen LogP contribution is -2.24. The molecule has 0 spiro atoms. The van der Waals surface area contributed by atoms with Gasteiger partial charge in [0.2, 0.25) is 5.91 Å². The molecule has 2 aromatic carbocycles. The van der Waals surface area contributed by atoms with Crippen molar-refractivity contribution in [3.63, 3.8) is 0 Å². The van der Waals surface area contributed by atoms with Crippen molar-refractivity contribution in [3.8, 4) is 0 Å². The fraction of sp³-hybridized carbons (Fsp3) is 0.188. The Kier molecular flexibility index (Phi) is 5.40. The molecule has 0 saturated carbocycles. The average molecular weight is 367 g/mol. The normalized spacial score (nSPS) is 11.9. The lowest BCUT2D eigenvalue weighted by atomic mass is 10.2. The van der Waals surface area contributed by atoms with Crippen molar-refractivity contribution >= 4 is 31.3 Å². The number of hydrogen-bond acceptors (Lipinski definition) is 5. The second-order valence-electron chi connectivity index (χ2n) is 5.33.